The molecule has 1 heterocycles. The van der Waals surface area contributed by atoms with Crippen LogP contribution in [0.5, 0.6) is 0 Å². The highest BCUT2D eigenvalue weighted by molar-refractivity contribution is 5.34. The van der Waals surface area contributed by atoms with Crippen LogP contribution in [-0.4, -0.2) is 31.1 Å². The zero-order valence-electron chi connectivity index (χ0n) is 13.0. The fraction of sp³-hybridized carbons (Fsp3) is 0.647. The number of likely N-dealkylation sites (tertiary alicyclic amines) is 1. The number of benzene rings is 1. The largest absolute Gasteiger partial charge is 0.314 e. The van der Waals surface area contributed by atoms with Gasteiger partial charge in [0.25, 0.3) is 0 Å². The standard InChI is InChI=1S/C17H28N2/c1-12(2)18-11-15-8-9-19(5)17(15)16-10-13(3)6-7-14(16)4/h6-7,10,12,15,17-18H,8-9,11H2,1-5H3. The van der Waals surface area contributed by atoms with E-state index in [1.807, 2.05) is 0 Å². The summed E-state index contributed by atoms with van der Waals surface area (Å²) in [7, 11) is 2.27. The van der Waals surface area contributed by atoms with E-state index in [-0.39, 0.29) is 0 Å². The molecule has 1 fully saturated rings. The SMILES string of the molecule is Cc1ccc(C)c(C2C(CNC(C)C)CCN2C)c1. The van der Waals surface area contributed by atoms with E-state index in [2.05, 4.69) is 63.2 Å². The molecule has 0 aromatic heterocycles. The van der Waals surface area contributed by atoms with Crippen LogP contribution in [0.1, 0.15) is 43.0 Å². The van der Waals surface area contributed by atoms with Crippen molar-refractivity contribution in [3.8, 4) is 0 Å². The van der Waals surface area contributed by atoms with Gasteiger partial charge in [-0.2, -0.15) is 0 Å². The second-order valence-corrected chi connectivity index (χ2v) is 6.40. The van der Waals surface area contributed by atoms with Crippen LogP contribution < -0.4 is 5.32 Å². The van der Waals surface area contributed by atoms with E-state index in [1.165, 1.54) is 29.7 Å². The molecular weight excluding hydrogens is 232 g/mol. The number of hydrogen-bond donors (Lipinski definition) is 1. The van der Waals surface area contributed by atoms with Crippen molar-refractivity contribution in [2.45, 2.75) is 46.2 Å². The van der Waals surface area contributed by atoms with E-state index < -0.39 is 0 Å². The topological polar surface area (TPSA) is 15.3 Å². The van der Waals surface area contributed by atoms with Gasteiger partial charge in [-0.05, 0) is 50.9 Å². The lowest BCUT2D eigenvalue weighted by molar-refractivity contribution is 0.268. The molecule has 19 heavy (non-hydrogen) atoms. The van der Waals surface area contributed by atoms with Gasteiger partial charge in [0.05, 0.1) is 0 Å². The molecule has 0 radical (unpaired) electrons. The third-order valence-electron chi connectivity index (χ3n) is 4.32. The summed E-state index contributed by atoms with van der Waals surface area (Å²) in [5.41, 5.74) is 4.32. The van der Waals surface area contributed by atoms with Gasteiger partial charge in [0.15, 0.2) is 0 Å². The van der Waals surface area contributed by atoms with E-state index in [4.69, 9.17) is 0 Å². The van der Waals surface area contributed by atoms with Gasteiger partial charge in [-0.25, -0.2) is 0 Å². The van der Waals surface area contributed by atoms with Crippen LogP contribution in [0.3, 0.4) is 0 Å². The van der Waals surface area contributed by atoms with Crippen molar-refractivity contribution in [1.82, 2.24) is 10.2 Å². The van der Waals surface area contributed by atoms with E-state index in [9.17, 15) is 0 Å². The summed E-state index contributed by atoms with van der Waals surface area (Å²) >= 11 is 0. The number of nitrogens with one attached hydrogen (secondary N) is 1. The van der Waals surface area contributed by atoms with Crippen LogP contribution in [0, 0.1) is 19.8 Å². The molecule has 0 aliphatic carbocycles. The Hall–Kier alpha value is -0.860. The van der Waals surface area contributed by atoms with Gasteiger partial charge in [0.1, 0.15) is 0 Å². The Morgan fingerprint density at radius 2 is 2.05 bits per heavy atom. The fourth-order valence-electron chi connectivity index (χ4n) is 3.20. The maximum Gasteiger partial charge on any atom is 0.0388 e. The molecule has 2 heteroatoms. The van der Waals surface area contributed by atoms with Crippen molar-refractivity contribution < 1.29 is 0 Å². The lowest BCUT2D eigenvalue weighted by atomic mass is 9.90. The van der Waals surface area contributed by atoms with Crippen LogP contribution >= 0.6 is 0 Å². The lowest BCUT2D eigenvalue weighted by Crippen LogP contribution is -2.32. The Balaban J connectivity index is 2.21. The van der Waals surface area contributed by atoms with Crippen LogP contribution in [0.2, 0.25) is 0 Å². The number of hydrogen-bond acceptors (Lipinski definition) is 2. The first-order valence-corrected chi connectivity index (χ1v) is 7.50. The van der Waals surface area contributed by atoms with Gasteiger partial charge < -0.3 is 5.32 Å². The minimum Gasteiger partial charge on any atom is -0.314 e. The van der Waals surface area contributed by atoms with Crippen molar-refractivity contribution >= 4 is 0 Å². The molecule has 2 nitrogen and oxygen atoms in total. The van der Waals surface area contributed by atoms with Gasteiger partial charge in [0.2, 0.25) is 0 Å². The third-order valence-corrected chi connectivity index (χ3v) is 4.32. The molecule has 1 aliphatic rings. The molecule has 0 spiro atoms. The molecule has 1 saturated heterocycles. The number of rotatable bonds is 4. The quantitative estimate of drug-likeness (QED) is 0.893. The third kappa shape index (κ3) is 3.37. The second kappa shape index (κ2) is 6.06. The van der Waals surface area contributed by atoms with E-state index >= 15 is 0 Å². The molecule has 1 aliphatic heterocycles. The van der Waals surface area contributed by atoms with Gasteiger partial charge in [0, 0.05) is 18.6 Å². The maximum absolute atomic E-state index is 3.62. The molecular formula is C17H28N2. The minimum absolute atomic E-state index is 0.574. The highest BCUT2D eigenvalue weighted by Gasteiger charge is 2.33. The van der Waals surface area contributed by atoms with Gasteiger partial charge in [-0.15, -0.1) is 0 Å². The van der Waals surface area contributed by atoms with Crippen molar-refractivity contribution in [2.75, 3.05) is 20.1 Å². The van der Waals surface area contributed by atoms with Crippen LogP contribution in [0.4, 0.5) is 0 Å². The highest BCUT2D eigenvalue weighted by atomic mass is 15.2. The molecule has 0 bridgehead atoms. The molecule has 2 atom stereocenters. The summed E-state index contributed by atoms with van der Waals surface area (Å²) in [6.07, 6.45) is 1.30. The molecule has 2 unspecified atom stereocenters. The van der Waals surface area contributed by atoms with Gasteiger partial charge in [-0.1, -0.05) is 37.6 Å². The number of nitrogens with zero attached hydrogens (tertiary/aromatic N) is 1. The number of aryl methyl sites for hydroxylation is 2. The van der Waals surface area contributed by atoms with Gasteiger partial charge >= 0.3 is 0 Å². The van der Waals surface area contributed by atoms with Crippen LogP contribution in [-0.2, 0) is 0 Å². The first kappa shape index (κ1) is 14.5. The fourth-order valence-corrected chi connectivity index (χ4v) is 3.20. The average Bonchev–Trinajstić information content (AvgIpc) is 2.71. The first-order valence-electron chi connectivity index (χ1n) is 7.50. The monoisotopic (exact) mass is 260 g/mol. The summed E-state index contributed by atoms with van der Waals surface area (Å²) in [5, 5.41) is 3.62. The summed E-state index contributed by atoms with van der Waals surface area (Å²) in [6.45, 7) is 11.2. The Morgan fingerprint density at radius 1 is 1.32 bits per heavy atom. The Kier molecular flexibility index (Phi) is 4.64. The van der Waals surface area contributed by atoms with Crippen molar-refractivity contribution in [1.29, 1.82) is 0 Å². The zero-order valence-corrected chi connectivity index (χ0v) is 13.0. The summed E-state index contributed by atoms with van der Waals surface area (Å²) in [6, 6.07) is 8.01. The lowest BCUT2D eigenvalue weighted by Gasteiger charge is -2.28. The van der Waals surface area contributed by atoms with Crippen molar-refractivity contribution in [3.05, 3.63) is 34.9 Å². The highest BCUT2D eigenvalue weighted by Crippen LogP contribution is 2.37. The van der Waals surface area contributed by atoms with Crippen LogP contribution in [0.15, 0.2) is 18.2 Å². The molecule has 0 saturated carbocycles. The Labute approximate surface area is 118 Å². The summed E-state index contributed by atoms with van der Waals surface area (Å²) in [5.74, 6) is 0.730. The minimum atomic E-state index is 0.574. The molecule has 2 rings (SSSR count). The van der Waals surface area contributed by atoms with E-state index in [1.54, 1.807) is 0 Å². The molecule has 0 amide bonds. The molecule has 1 N–H and O–H groups in total. The van der Waals surface area contributed by atoms with Crippen molar-refractivity contribution in [3.63, 3.8) is 0 Å². The summed E-state index contributed by atoms with van der Waals surface area (Å²) < 4.78 is 0. The normalized spacial score (nSPS) is 24.3. The second-order valence-electron chi connectivity index (χ2n) is 6.40. The molecule has 1 aromatic carbocycles. The van der Waals surface area contributed by atoms with Gasteiger partial charge in [-0.3, -0.25) is 4.90 Å². The maximum atomic E-state index is 3.62. The predicted octanol–water partition coefficient (Wildman–Crippen LogP) is 3.29. The average molecular weight is 260 g/mol. The Morgan fingerprint density at radius 3 is 2.74 bits per heavy atom. The van der Waals surface area contributed by atoms with Crippen molar-refractivity contribution in [2.24, 2.45) is 5.92 Å². The van der Waals surface area contributed by atoms with Crippen LogP contribution in [0.25, 0.3) is 0 Å². The zero-order chi connectivity index (χ0) is 14.0. The molecule has 106 valence electrons. The van der Waals surface area contributed by atoms with E-state index in [0.717, 1.165) is 12.5 Å². The first-order chi connectivity index (χ1) is 8.99. The predicted molar refractivity (Wildman–Crippen MR) is 82.5 cm³/mol. The molecule has 1 aromatic rings. The Bertz CT molecular complexity index is 425. The summed E-state index contributed by atoms with van der Waals surface area (Å²) in [4.78, 5) is 2.52. The van der Waals surface area contributed by atoms with E-state index in [0.29, 0.717) is 12.1 Å². The smallest absolute Gasteiger partial charge is 0.0388 e.